The molecule has 0 saturated carbocycles. The normalized spacial score (nSPS) is 11.8. The minimum atomic E-state index is -3.86. The van der Waals surface area contributed by atoms with Gasteiger partial charge >= 0.3 is 0 Å². The third kappa shape index (κ3) is 2.75. The van der Waals surface area contributed by atoms with Gasteiger partial charge < -0.3 is 0 Å². The molecule has 1 N–H and O–H groups in total. The molecule has 1 aromatic carbocycles. The number of aryl methyl sites for hydroxylation is 1. The van der Waals surface area contributed by atoms with Crippen LogP contribution in [0.5, 0.6) is 0 Å². The number of halogens is 2. The largest absolute Gasteiger partial charge is 0.276 e. The number of aromatic nitrogens is 3. The van der Waals surface area contributed by atoms with E-state index in [4.69, 9.17) is 23.2 Å². The van der Waals surface area contributed by atoms with Crippen molar-refractivity contribution in [1.29, 1.82) is 0 Å². The minimum Gasteiger partial charge on any atom is -0.276 e. The molecule has 0 aliphatic rings. The quantitative estimate of drug-likeness (QED) is 0.781. The monoisotopic (exact) mass is 356 g/mol. The van der Waals surface area contributed by atoms with Crippen LogP contribution in [0.3, 0.4) is 0 Å². The van der Waals surface area contributed by atoms with Crippen LogP contribution in [-0.2, 0) is 10.0 Å². The number of nitrogens with one attached hydrogen (secondary N) is 1. The van der Waals surface area contributed by atoms with Gasteiger partial charge in [0.2, 0.25) is 0 Å². The Hall–Kier alpha value is -1.83. The number of fused-ring (bicyclic) bond motifs is 1. The van der Waals surface area contributed by atoms with Crippen molar-refractivity contribution in [2.45, 2.75) is 11.8 Å². The lowest BCUT2D eigenvalue weighted by Gasteiger charge is -2.11. The molecule has 0 aliphatic heterocycles. The maximum atomic E-state index is 12.5. The zero-order valence-corrected chi connectivity index (χ0v) is 13.6. The lowest BCUT2D eigenvalue weighted by Crippen LogP contribution is -2.14. The fraction of sp³-hybridized carbons (Fsp3) is 0.0769. The van der Waals surface area contributed by atoms with Crippen molar-refractivity contribution < 1.29 is 8.42 Å². The highest BCUT2D eigenvalue weighted by Gasteiger charge is 2.20. The fourth-order valence-electron chi connectivity index (χ4n) is 1.91. The number of hydrogen-bond donors (Lipinski definition) is 1. The molecule has 0 aliphatic carbocycles. The molecule has 0 radical (unpaired) electrons. The molecule has 9 heteroatoms. The summed E-state index contributed by atoms with van der Waals surface area (Å²) in [5, 5.41) is 4.46. The van der Waals surface area contributed by atoms with Crippen LogP contribution in [0.4, 0.5) is 5.69 Å². The zero-order valence-electron chi connectivity index (χ0n) is 11.3. The lowest BCUT2D eigenvalue weighted by atomic mass is 10.2. The Bertz CT molecular complexity index is 969. The summed E-state index contributed by atoms with van der Waals surface area (Å²) in [6.07, 6.45) is 4.50. The maximum Gasteiger partial charge on any atom is 0.263 e. The summed E-state index contributed by atoms with van der Waals surface area (Å²) in [6, 6.07) is 4.53. The highest BCUT2D eigenvalue weighted by molar-refractivity contribution is 7.92. The van der Waals surface area contributed by atoms with Gasteiger partial charge in [0.15, 0.2) is 5.65 Å². The zero-order chi connectivity index (χ0) is 15.9. The number of hydrogen-bond acceptors (Lipinski definition) is 4. The standard InChI is InChI=1S/C13H10Cl2N4O2S/c1-8-4-12(11(15)5-10(8)14)22(20,21)18-9-6-16-13-2-3-17-19(13)7-9/h2-7,18H,1H3. The summed E-state index contributed by atoms with van der Waals surface area (Å²) in [5.74, 6) is 0. The molecule has 0 spiro atoms. The van der Waals surface area contributed by atoms with Crippen molar-refractivity contribution in [2.75, 3.05) is 4.72 Å². The summed E-state index contributed by atoms with van der Waals surface area (Å²) < 4.78 is 28.8. The van der Waals surface area contributed by atoms with Gasteiger partial charge in [0.25, 0.3) is 10.0 Å². The molecule has 3 rings (SSSR count). The van der Waals surface area contributed by atoms with Gasteiger partial charge in [0.1, 0.15) is 4.90 Å². The van der Waals surface area contributed by atoms with E-state index in [2.05, 4.69) is 14.8 Å². The summed E-state index contributed by atoms with van der Waals surface area (Å²) in [4.78, 5) is 4.05. The van der Waals surface area contributed by atoms with E-state index in [1.165, 1.54) is 29.0 Å². The highest BCUT2D eigenvalue weighted by Crippen LogP contribution is 2.29. The molecule has 0 bridgehead atoms. The molecular formula is C13H10Cl2N4O2S. The third-order valence-electron chi connectivity index (χ3n) is 3.00. The molecule has 3 aromatic rings. The first-order chi connectivity index (χ1) is 10.4. The Balaban J connectivity index is 2.01. The van der Waals surface area contributed by atoms with Gasteiger partial charge in [-0.05, 0) is 24.6 Å². The van der Waals surface area contributed by atoms with Crippen molar-refractivity contribution >= 4 is 44.6 Å². The summed E-state index contributed by atoms with van der Waals surface area (Å²) in [6.45, 7) is 1.70. The van der Waals surface area contributed by atoms with Gasteiger partial charge in [0, 0.05) is 11.1 Å². The Morgan fingerprint density at radius 3 is 2.77 bits per heavy atom. The van der Waals surface area contributed by atoms with Crippen molar-refractivity contribution in [2.24, 2.45) is 0 Å². The molecule has 6 nitrogen and oxygen atoms in total. The van der Waals surface area contributed by atoms with E-state index in [9.17, 15) is 8.42 Å². The van der Waals surface area contributed by atoms with Crippen molar-refractivity contribution in [1.82, 2.24) is 14.6 Å². The third-order valence-corrected chi connectivity index (χ3v) is 5.25. The van der Waals surface area contributed by atoms with E-state index in [-0.39, 0.29) is 15.6 Å². The van der Waals surface area contributed by atoms with Gasteiger partial charge in [-0.15, -0.1) is 0 Å². The fourth-order valence-corrected chi connectivity index (χ4v) is 3.77. The van der Waals surface area contributed by atoms with Crippen LogP contribution >= 0.6 is 23.2 Å². The van der Waals surface area contributed by atoms with Gasteiger partial charge in [-0.3, -0.25) is 4.72 Å². The average molecular weight is 357 g/mol. The molecule has 2 aromatic heterocycles. The van der Waals surface area contributed by atoms with Crippen LogP contribution in [0.15, 0.2) is 41.7 Å². The van der Waals surface area contributed by atoms with Gasteiger partial charge in [0.05, 0.1) is 29.3 Å². The van der Waals surface area contributed by atoms with Crippen molar-refractivity contribution in [3.63, 3.8) is 0 Å². The van der Waals surface area contributed by atoms with Crippen molar-refractivity contribution in [3.05, 3.63) is 52.4 Å². The van der Waals surface area contributed by atoms with Crippen LogP contribution in [0.2, 0.25) is 10.0 Å². The smallest absolute Gasteiger partial charge is 0.263 e. The number of rotatable bonds is 3. The second-order valence-electron chi connectivity index (χ2n) is 4.61. The number of benzene rings is 1. The molecule has 0 amide bonds. The Kier molecular flexibility index (Phi) is 3.72. The predicted molar refractivity (Wildman–Crippen MR) is 85.0 cm³/mol. The number of nitrogens with zero attached hydrogens (tertiary/aromatic N) is 3. The number of anilines is 1. The molecule has 114 valence electrons. The number of sulfonamides is 1. The predicted octanol–water partition coefficient (Wildman–Crippen LogP) is 3.15. The van der Waals surface area contributed by atoms with E-state index in [0.29, 0.717) is 16.2 Å². The molecule has 0 unspecified atom stereocenters. The second-order valence-corrected chi connectivity index (χ2v) is 7.08. The minimum absolute atomic E-state index is 0.0448. The molecular weight excluding hydrogens is 347 g/mol. The summed E-state index contributed by atoms with van der Waals surface area (Å²) in [7, 11) is -3.86. The van der Waals surface area contributed by atoms with Gasteiger partial charge in [-0.25, -0.2) is 17.9 Å². The first kappa shape index (κ1) is 15.1. The summed E-state index contributed by atoms with van der Waals surface area (Å²) >= 11 is 11.9. The van der Waals surface area contributed by atoms with Crippen LogP contribution in [0.25, 0.3) is 5.65 Å². The molecule has 22 heavy (non-hydrogen) atoms. The molecule has 0 saturated heterocycles. The Labute approximate surface area is 136 Å². The van der Waals surface area contributed by atoms with Gasteiger partial charge in [-0.1, -0.05) is 23.2 Å². The Morgan fingerprint density at radius 2 is 2.00 bits per heavy atom. The first-order valence-corrected chi connectivity index (χ1v) is 8.38. The van der Waals surface area contributed by atoms with Crippen LogP contribution in [0, 0.1) is 6.92 Å². The second kappa shape index (κ2) is 5.42. The van der Waals surface area contributed by atoms with E-state index in [1.807, 2.05) is 0 Å². The lowest BCUT2D eigenvalue weighted by molar-refractivity contribution is 0.601. The molecule has 0 fully saturated rings. The van der Waals surface area contributed by atoms with Crippen LogP contribution < -0.4 is 4.72 Å². The molecule has 2 heterocycles. The van der Waals surface area contributed by atoms with Crippen LogP contribution in [-0.4, -0.2) is 23.0 Å². The maximum absolute atomic E-state index is 12.5. The van der Waals surface area contributed by atoms with Crippen molar-refractivity contribution in [3.8, 4) is 0 Å². The van der Waals surface area contributed by atoms with Gasteiger partial charge in [-0.2, -0.15) is 5.10 Å². The van der Waals surface area contributed by atoms with E-state index >= 15 is 0 Å². The van der Waals surface area contributed by atoms with E-state index in [1.54, 1.807) is 19.2 Å². The van der Waals surface area contributed by atoms with Crippen LogP contribution in [0.1, 0.15) is 5.56 Å². The van der Waals surface area contributed by atoms with E-state index < -0.39 is 10.0 Å². The SMILES string of the molecule is Cc1cc(S(=O)(=O)Nc2cnc3ccnn3c2)c(Cl)cc1Cl. The molecule has 0 atom stereocenters. The van der Waals surface area contributed by atoms with E-state index in [0.717, 1.165) is 0 Å². The Morgan fingerprint density at radius 1 is 1.23 bits per heavy atom. The highest BCUT2D eigenvalue weighted by atomic mass is 35.5. The first-order valence-electron chi connectivity index (χ1n) is 6.15. The topological polar surface area (TPSA) is 76.4 Å². The average Bonchev–Trinajstić information content (AvgIpc) is 2.89. The summed E-state index contributed by atoms with van der Waals surface area (Å²) in [5.41, 5.74) is 1.51.